The first-order valence-electron chi connectivity index (χ1n) is 7.16. The zero-order chi connectivity index (χ0) is 16.8. The van der Waals surface area contributed by atoms with Crippen molar-refractivity contribution in [3.8, 4) is 11.8 Å². The molecule has 0 amide bonds. The predicted molar refractivity (Wildman–Crippen MR) is 83.6 cm³/mol. The van der Waals surface area contributed by atoms with E-state index in [4.69, 9.17) is 15.7 Å². The molecular weight excluding hydrogens is 296 g/mol. The fourth-order valence-electron chi connectivity index (χ4n) is 2.69. The monoisotopic (exact) mass is 314 g/mol. The Morgan fingerprint density at radius 1 is 1.48 bits per heavy atom. The maximum atomic E-state index is 10.7. The predicted octanol–water partition coefficient (Wildman–Crippen LogP) is 0.954. The van der Waals surface area contributed by atoms with E-state index in [1.54, 1.807) is 39.1 Å². The molecule has 23 heavy (non-hydrogen) atoms. The fraction of sp³-hybridized carbons (Fsp3) is 0.400. The van der Waals surface area contributed by atoms with Crippen molar-refractivity contribution >= 4 is 11.9 Å². The van der Waals surface area contributed by atoms with E-state index in [9.17, 15) is 5.11 Å². The Hall–Kier alpha value is -2.79. The molecule has 1 aliphatic rings. The maximum Gasteiger partial charge on any atom is 0.241 e. The van der Waals surface area contributed by atoms with Gasteiger partial charge in [-0.15, -0.1) is 5.10 Å². The molecule has 2 aromatic rings. The first-order valence-corrected chi connectivity index (χ1v) is 7.16. The van der Waals surface area contributed by atoms with Crippen molar-refractivity contribution in [2.24, 2.45) is 7.05 Å². The lowest BCUT2D eigenvalue weighted by molar-refractivity contribution is -0.0534. The lowest BCUT2D eigenvalue weighted by Crippen LogP contribution is -2.51. The highest BCUT2D eigenvalue weighted by molar-refractivity contribution is 5.49. The number of ether oxygens (including phenoxy) is 1. The molecule has 2 atom stereocenters. The summed E-state index contributed by atoms with van der Waals surface area (Å²) in [5.74, 6) is 1.19. The number of nitrogen functional groups attached to an aromatic ring is 1. The molecule has 0 saturated heterocycles. The fourth-order valence-corrected chi connectivity index (χ4v) is 2.69. The third-order valence-electron chi connectivity index (χ3n) is 3.94. The molecule has 0 radical (unpaired) electrons. The van der Waals surface area contributed by atoms with E-state index >= 15 is 0 Å². The number of nitrogens with zero attached hydrogens (tertiary/aromatic N) is 4. The summed E-state index contributed by atoms with van der Waals surface area (Å²) in [6.45, 7) is 3.61. The maximum absolute atomic E-state index is 10.7. The van der Waals surface area contributed by atoms with E-state index in [1.165, 1.54) is 4.68 Å². The Labute approximate surface area is 133 Å². The molecule has 8 heteroatoms. The number of aromatic nitrogens is 3. The highest BCUT2D eigenvalue weighted by atomic mass is 16.5. The Morgan fingerprint density at radius 3 is 2.83 bits per heavy atom. The van der Waals surface area contributed by atoms with Crippen LogP contribution < -0.4 is 15.8 Å². The average molecular weight is 314 g/mol. The zero-order valence-electron chi connectivity index (χ0n) is 13.1. The lowest BCUT2D eigenvalue weighted by atomic mass is 9.86. The molecule has 120 valence electrons. The number of anilines is 2. The van der Waals surface area contributed by atoms with Gasteiger partial charge >= 0.3 is 0 Å². The van der Waals surface area contributed by atoms with Gasteiger partial charge in [0.1, 0.15) is 17.5 Å². The number of aliphatic hydroxyl groups excluding tert-OH is 1. The molecule has 4 N–H and O–H groups in total. The molecule has 0 spiro atoms. The Kier molecular flexibility index (Phi) is 3.38. The van der Waals surface area contributed by atoms with Gasteiger partial charge in [-0.2, -0.15) is 10.2 Å². The molecule has 0 saturated carbocycles. The number of aryl methyl sites for hydroxylation is 1. The Morgan fingerprint density at radius 2 is 2.22 bits per heavy atom. The minimum absolute atomic E-state index is 0.141. The van der Waals surface area contributed by atoms with Gasteiger partial charge in [-0.3, -0.25) is 0 Å². The van der Waals surface area contributed by atoms with Gasteiger partial charge in [0, 0.05) is 12.6 Å². The molecule has 0 unspecified atom stereocenters. The van der Waals surface area contributed by atoms with Crippen LogP contribution in [0.5, 0.6) is 5.75 Å². The third-order valence-corrected chi connectivity index (χ3v) is 3.94. The number of rotatable bonds is 2. The number of nitrogens with two attached hydrogens (primary N) is 1. The van der Waals surface area contributed by atoms with Gasteiger partial charge in [0.15, 0.2) is 0 Å². The summed E-state index contributed by atoms with van der Waals surface area (Å²) >= 11 is 0. The molecule has 2 heterocycles. The first-order chi connectivity index (χ1) is 10.8. The molecule has 8 nitrogen and oxygen atoms in total. The summed E-state index contributed by atoms with van der Waals surface area (Å²) in [5.41, 5.74) is 5.98. The van der Waals surface area contributed by atoms with Crippen molar-refractivity contribution < 1.29 is 9.84 Å². The van der Waals surface area contributed by atoms with Crippen molar-refractivity contribution in [2.75, 3.05) is 11.1 Å². The van der Waals surface area contributed by atoms with Crippen LogP contribution in [0.1, 0.15) is 31.0 Å². The van der Waals surface area contributed by atoms with E-state index in [-0.39, 0.29) is 5.95 Å². The number of nitrogens with one attached hydrogen (secondary N) is 1. The van der Waals surface area contributed by atoms with Gasteiger partial charge in [0.05, 0.1) is 17.7 Å². The number of aliphatic hydroxyl groups is 1. The van der Waals surface area contributed by atoms with Crippen LogP contribution >= 0.6 is 0 Å². The number of nitriles is 1. The molecule has 1 aliphatic heterocycles. The van der Waals surface area contributed by atoms with Crippen molar-refractivity contribution in [2.45, 2.75) is 31.6 Å². The third kappa shape index (κ3) is 2.55. The van der Waals surface area contributed by atoms with Crippen LogP contribution in [0.3, 0.4) is 0 Å². The van der Waals surface area contributed by atoms with E-state index in [0.717, 1.165) is 0 Å². The van der Waals surface area contributed by atoms with E-state index < -0.39 is 17.7 Å². The summed E-state index contributed by atoms with van der Waals surface area (Å²) in [7, 11) is 1.70. The molecule has 1 aromatic heterocycles. The second-order valence-corrected chi connectivity index (χ2v) is 6.05. The average Bonchev–Trinajstić information content (AvgIpc) is 2.81. The highest BCUT2D eigenvalue weighted by Gasteiger charge is 2.43. The molecule has 3 rings (SSSR count). The number of benzene rings is 1. The van der Waals surface area contributed by atoms with Crippen molar-refractivity contribution in [3.05, 3.63) is 29.3 Å². The second kappa shape index (κ2) is 5.14. The number of fused-ring (bicyclic) bond motifs is 1. The standard InChI is InChI=1S/C15H18N6O2/c1-15(2)12(22)11(18-14-19-13(17)20-21(14)3)9-6-8(7-16)4-5-10(9)23-15/h4-6,11-12,22H,1-3H3,(H3,17,18,19,20)/t11-,12+/m1/s1. The minimum atomic E-state index is -0.859. The first kappa shape index (κ1) is 15.1. The van der Waals surface area contributed by atoms with E-state index in [0.29, 0.717) is 22.8 Å². The van der Waals surface area contributed by atoms with Gasteiger partial charge in [-0.1, -0.05) is 0 Å². The van der Waals surface area contributed by atoms with Crippen LogP contribution in [0.25, 0.3) is 0 Å². The van der Waals surface area contributed by atoms with Gasteiger partial charge in [0.2, 0.25) is 11.9 Å². The normalized spacial score (nSPS) is 21.9. The number of hydrogen-bond acceptors (Lipinski definition) is 7. The quantitative estimate of drug-likeness (QED) is 0.754. The van der Waals surface area contributed by atoms with Crippen LogP contribution in [-0.2, 0) is 7.05 Å². The smallest absolute Gasteiger partial charge is 0.241 e. The summed E-state index contributed by atoms with van der Waals surface area (Å²) in [4.78, 5) is 4.10. The largest absolute Gasteiger partial charge is 0.485 e. The van der Waals surface area contributed by atoms with Crippen LogP contribution in [0.4, 0.5) is 11.9 Å². The SMILES string of the molecule is Cn1nc(N)nc1N[C@@H]1c2cc(C#N)ccc2OC(C)(C)[C@H]1O. The Bertz CT molecular complexity index is 792. The number of hydrogen-bond donors (Lipinski definition) is 3. The van der Waals surface area contributed by atoms with Gasteiger partial charge in [-0.25, -0.2) is 4.68 Å². The highest BCUT2D eigenvalue weighted by Crippen LogP contribution is 2.41. The van der Waals surface area contributed by atoms with Crippen LogP contribution in [0, 0.1) is 11.3 Å². The minimum Gasteiger partial charge on any atom is -0.485 e. The summed E-state index contributed by atoms with van der Waals surface area (Å²) in [6.07, 6.45) is -0.859. The molecular formula is C15H18N6O2. The lowest BCUT2D eigenvalue weighted by Gasteiger charge is -2.42. The van der Waals surface area contributed by atoms with Crippen molar-refractivity contribution in [1.29, 1.82) is 5.26 Å². The van der Waals surface area contributed by atoms with Crippen molar-refractivity contribution in [1.82, 2.24) is 14.8 Å². The van der Waals surface area contributed by atoms with Crippen molar-refractivity contribution in [3.63, 3.8) is 0 Å². The van der Waals surface area contributed by atoms with E-state index in [2.05, 4.69) is 21.5 Å². The van der Waals surface area contributed by atoms with Crippen LogP contribution in [-0.4, -0.2) is 31.6 Å². The Balaban J connectivity index is 2.07. The molecule has 0 fully saturated rings. The van der Waals surface area contributed by atoms with Crippen LogP contribution in [0.15, 0.2) is 18.2 Å². The molecule has 0 aliphatic carbocycles. The zero-order valence-corrected chi connectivity index (χ0v) is 13.1. The summed E-state index contributed by atoms with van der Waals surface area (Å²) in [6, 6.07) is 6.71. The van der Waals surface area contributed by atoms with E-state index in [1.807, 2.05) is 0 Å². The van der Waals surface area contributed by atoms with Gasteiger partial charge in [0.25, 0.3) is 0 Å². The molecule has 1 aromatic carbocycles. The van der Waals surface area contributed by atoms with Gasteiger partial charge in [-0.05, 0) is 32.0 Å². The van der Waals surface area contributed by atoms with Crippen LogP contribution in [0.2, 0.25) is 0 Å². The summed E-state index contributed by atoms with van der Waals surface area (Å²) in [5, 5.41) is 27.0. The van der Waals surface area contributed by atoms with Gasteiger partial charge < -0.3 is 20.9 Å². The summed E-state index contributed by atoms with van der Waals surface area (Å²) < 4.78 is 7.37. The topological polar surface area (TPSA) is 122 Å². The second-order valence-electron chi connectivity index (χ2n) is 6.05. The molecule has 0 bridgehead atoms.